The van der Waals surface area contributed by atoms with Gasteiger partial charge in [0.25, 0.3) is 0 Å². The zero-order valence-corrected chi connectivity index (χ0v) is 10.8. The maximum Gasteiger partial charge on any atom is 0.224 e. The number of anilines is 2. The molecule has 2 heterocycles. The molecule has 98 valence electrons. The number of hydrogen-bond donors (Lipinski definition) is 2. The first-order valence-electron chi connectivity index (χ1n) is 6.40. The first kappa shape index (κ1) is 12.7. The third kappa shape index (κ3) is 3.12. The third-order valence-electron chi connectivity index (χ3n) is 3.25. The summed E-state index contributed by atoms with van der Waals surface area (Å²) in [4.78, 5) is 17.9. The molecule has 5 heteroatoms. The van der Waals surface area contributed by atoms with Crippen molar-refractivity contribution in [3.8, 4) is 0 Å². The van der Waals surface area contributed by atoms with Crippen molar-refractivity contribution in [2.24, 2.45) is 0 Å². The number of carbonyl (C=O) groups is 1. The fourth-order valence-corrected chi connectivity index (χ4v) is 2.06. The molecule has 0 saturated carbocycles. The summed E-state index contributed by atoms with van der Waals surface area (Å²) in [6.45, 7) is 4.34. The zero-order chi connectivity index (χ0) is 13.0. The van der Waals surface area contributed by atoms with Crippen molar-refractivity contribution in [3.63, 3.8) is 0 Å². The van der Waals surface area contributed by atoms with Gasteiger partial charge in [0.05, 0.1) is 0 Å². The normalized spacial score (nSPS) is 14.8. The van der Waals surface area contributed by atoms with Crippen LogP contribution in [0.5, 0.6) is 0 Å². The van der Waals surface area contributed by atoms with Crippen LogP contribution in [-0.4, -0.2) is 35.4 Å². The van der Waals surface area contributed by atoms with E-state index >= 15 is 0 Å². The molecular weight excluding hydrogens is 228 g/mol. The van der Waals surface area contributed by atoms with E-state index < -0.39 is 0 Å². The summed E-state index contributed by atoms with van der Waals surface area (Å²) in [6, 6.07) is 1.80. The Hall–Kier alpha value is -1.78. The van der Waals surface area contributed by atoms with Crippen LogP contribution in [0.25, 0.3) is 0 Å². The zero-order valence-electron chi connectivity index (χ0n) is 10.8. The number of rotatable bonds is 4. The summed E-state index contributed by atoms with van der Waals surface area (Å²) in [5, 5.41) is 3.13. The molecule has 0 radical (unpaired) electrons. The highest BCUT2D eigenvalue weighted by atomic mass is 16.2. The molecule has 3 N–H and O–H groups in total. The van der Waals surface area contributed by atoms with Crippen LogP contribution in [-0.2, 0) is 4.79 Å². The highest BCUT2D eigenvalue weighted by Crippen LogP contribution is 2.14. The predicted octanol–water partition coefficient (Wildman–Crippen LogP) is 1.40. The van der Waals surface area contributed by atoms with E-state index in [0.717, 1.165) is 43.0 Å². The molecule has 1 saturated heterocycles. The summed E-state index contributed by atoms with van der Waals surface area (Å²) in [7, 11) is 0. The summed E-state index contributed by atoms with van der Waals surface area (Å²) >= 11 is 0. The molecule has 5 nitrogen and oxygen atoms in total. The number of carbonyl (C=O) groups excluding carboxylic acids is 1. The maximum atomic E-state index is 11.8. The number of pyridine rings is 1. The average molecular weight is 248 g/mol. The van der Waals surface area contributed by atoms with Crippen LogP contribution in [0, 0.1) is 6.92 Å². The smallest absolute Gasteiger partial charge is 0.224 e. The van der Waals surface area contributed by atoms with E-state index in [2.05, 4.69) is 10.3 Å². The number of nitrogen functional groups attached to an aromatic ring is 1. The first-order valence-corrected chi connectivity index (χ1v) is 6.40. The van der Waals surface area contributed by atoms with E-state index in [1.165, 1.54) is 0 Å². The molecule has 2 rings (SSSR count). The van der Waals surface area contributed by atoms with E-state index in [9.17, 15) is 4.79 Å². The second kappa shape index (κ2) is 5.71. The van der Waals surface area contributed by atoms with Gasteiger partial charge in [0.15, 0.2) is 0 Å². The van der Waals surface area contributed by atoms with E-state index in [4.69, 9.17) is 5.73 Å². The van der Waals surface area contributed by atoms with Crippen LogP contribution < -0.4 is 11.1 Å². The molecule has 0 spiro atoms. The Kier molecular flexibility index (Phi) is 4.02. The summed E-state index contributed by atoms with van der Waals surface area (Å²) in [6.07, 6.45) is 4.51. The summed E-state index contributed by atoms with van der Waals surface area (Å²) < 4.78 is 0. The SMILES string of the molecule is Cc1cnc(NCCC(=O)N2CCCC2)cc1N. The molecular formula is C13H20N4O. The Morgan fingerprint density at radius 2 is 2.22 bits per heavy atom. The molecule has 1 amide bonds. The van der Waals surface area contributed by atoms with Crippen molar-refractivity contribution in [2.75, 3.05) is 30.7 Å². The van der Waals surface area contributed by atoms with Crippen LogP contribution in [0.1, 0.15) is 24.8 Å². The second-order valence-corrected chi connectivity index (χ2v) is 4.69. The van der Waals surface area contributed by atoms with Gasteiger partial charge in [0, 0.05) is 44.0 Å². The average Bonchev–Trinajstić information content (AvgIpc) is 2.87. The minimum Gasteiger partial charge on any atom is -0.398 e. The molecule has 0 aliphatic carbocycles. The molecule has 0 bridgehead atoms. The molecule has 1 aliphatic rings. The minimum absolute atomic E-state index is 0.222. The Labute approximate surface area is 107 Å². The van der Waals surface area contributed by atoms with Gasteiger partial charge in [-0.15, -0.1) is 0 Å². The lowest BCUT2D eigenvalue weighted by Gasteiger charge is -2.15. The van der Waals surface area contributed by atoms with Crippen LogP contribution in [0.15, 0.2) is 12.3 Å². The number of aryl methyl sites for hydroxylation is 1. The van der Waals surface area contributed by atoms with Gasteiger partial charge in [-0.05, 0) is 25.3 Å². The van der Waals surface area contributed by atoms with Gasteiger partial charge < -0.3 is 16.0 Å². The summed E-state index contributed by atoms with van der Waals surface area (Å²) in [5.41, 5.74) is 7.48. The fraction of sp³-hybridized carbons (Fsp3) is 0.538. The Bertz CT molecular complexity index is 427. The van der Waals surface area contributed by atoms with Crippen molar-refractivity contribution in [1.29, 1.82) is 0 Å². The minimum atomic E-state index is 0.222. The van der Waals surface area contributed by atoms with Crippen molar-refractivity contribution in [1.82, 2.24) is 9.88 Å². The number of likely N-dealkylation sites (tertiary alicyclic amines) is 1. The predicted molar refractivity (Wildman–Crippen MR) is 72.3 cm³/mol. The molecule has 1 aliphatic heterocycles. The Morgan fingerprint density at radius 3 is 2.89 bits per heavy atom. The maximum absolute atomic E-state index is 11.8. The second-order valence-electron chi connectivity index (χ2n) is 4.69. The number of nitrogens with one attached hydrogen (secondary N) is 1. The fourth-order valence-electron chi connectivity index (χ4n) is 2.06. The van der Waals surface area contributed by atoms with Gasteiger partial charge in [-0.3, -0.25) is 4.79 Å². The quantitative estimate of drug-likeness (QED) is 0.845. The Morgan fingerprint density at radius 1 is 1.50 bits per heavy atom. The topological polar surface area (TPSA) is 71.2 Å². The Balaban J connectivity index is 1.77. The van der Waals surface area contributed by atoms with Gasteiger partial charge in [0.1, 0.15) is 5.82 Å². The van der Waals surface area contributed by atoms with Crippen molar-refractivity contribution < 1.29 is 4.79 Å². The van der Waals surface area contributed by atoms with Gasteiger partial charge in [-0.1, -0.05) is 0 Å². The highest BCUT2D eigenvalue weighted by molar-refractivity contribution is 5.77. The van der Waals surface area contributed by atoms with E-state index in [-0.39, 0.29) is 5.91 Å². The molecule has 18 heavy (non-hydrogen) atoms. The number of aromatic nitrogens is 1. The standard InChI is InChI=1S/C13H20N4O/c1-10-9-16-12(8-11(10)14)15-5-4-13(18)17-6-2-3-7-17/h8-9H,2-7H2,1H3,(H3,14,15,16). The van der Waals surface area contributed by atoms with E-state index in [0.29, 0.717) is 13.0 Å². The van der Waals surface area contributed by atoms with E-state index in [1.807, 2.05) is 11.8 Å². The van der Waals surface area contributed by atoms with Crippen LogP contribution in [0.2, 0.25) is 0 Å². The molecule has 0 aromatic carbocycles. The number of nitrogens with two attached hydrogens (primary N) is 1. The lowest BCUT2D eigenvalue weighted by Crippen LogP contribution is -2.29. The summed E-state index contributed by atoms with van der Waals surface area (Å²) in [5.74, 6) is 0.951. The van der Waals surface area contributed by atoms with Crippen LogP contribution in [0.3, 0.4) is 0 Å². The lowest BCUT2D eigenvalue weighted by molar-refractivity contribution is -0.129. The molecule has 1 fully saturated rings. The molecule has 1 aromatic rings. The molecule has 1 aromatic heterocycles. The van der Waals surface area contributed by atoms with Crippen molar-refractivity contribution in [3.05, 3.63) is 17.8 Å². The number of amides is 1. The van der Waals surface area contributed by atoms with Crippen molar-refractivity contribution in [2.45, 2.75) is 26.2 Å². The van der Waals surface area contributed by atoms with Crippen LogP contribution >= 0.6 is 0 Å². The third-order valence-corrected chi connectivity index (χ3v) is 3.25. The van der Waals surface area contributed by atoms with Gasteiger partial charge >= 0.3 is 0 Å². The van der Waals surface area contributed by atoms with Gasteiger partial charge in [0.2, 0.25) is 5.91 Å². The largest absolute Gasteiger partial charge is 0.398 e. The van der Waals surface area contributed by atoms with Crippen molar-refractivity contribution >= 4 is 17.4 Å². The lowest BCUT2D eigenvalue weighted by atomic mass is 10.2. The molecule has 0 atom stereocenters. The highest BCUT2D eigenvalue weighted by Gasteiger charge is 2.16. The van der Waals surface area contributed by atoms with Gasteiger partial charge in [-0.2, -0.15) is 0 Å². The first-order chi connectivity index (χ1) is 8.66. The van der Waals surface area contributed by atoms with Gasteiger partial charge in [-0.25, -0.2) is 4.98 Å². The number of nitrogens with zero attached hydrogens (tertiary/aromatic N) is 2. The molecule has 0 unspecified atom stereocenters. The number of hydrogen-bond acceptors (Lipinski definition) is 4. The van der Waals surface area contributed by atoms with E-state index in [1.54, 1.807) is 12.3 Å². The monoisotopic (exact) mass is 248 g/mol. The van der Waals surface area contributed by atoms with Crippen LogP contribution in [0.4, 0.5) is 11.5 Å².